The third kappa shape index (κ3) is 3.57. The van der Waals surface area contributed by atoms with Crippen molar-refractivity contribution in [2.75, 3.05) is 18.5 Å². The van der Waals surface area contributed by atoms with Gasteiger partial charge in [0.2, 0.25) is 0 Å². The molecule has 1 aliphatic rings. The molecule has 5 heteroatoms. The Labute approximate surface area is 118 Å². The maximum atomic E-state index is 5.94. The van der Waals surface area contributed by atoms with E-state index in [0.29, 0.717) is 16.1 Å². The smallest absolute Gasteiger partial charge is 0.106 e. The SMILES string of the molecule is NC(=S)c1cc(Cl)ccc1NCCC1CCCO1. The molecule has 0 amide bonds. The summed E-state index contributed by atoms with van der Waals surface area (Å²) in [4.78, 5) is 0.358. The molecule has 3 nitrogen and oxygen atoms in total. The van der Waals surface area contributed by atoms with E-state index >= 15 is 0 Å². The molecule has 3 N–H and O–H groups in total. The quantitative estimate of drug-likeness (QED) is 0.816. The molecular formula is C13H17ClN2OS. The van der Waals surface area contributed by atoms with Crippen LogP contribution >= 0.6 is 23.8 Å². The summed E-state index contributed by atoms with van der Waals surface area (Å²) >= 11 is 11.0. The van der Waals surface area contributed by atoms with Crippen LogP contribution in [0.1, 0.15) is 24.8 Å². The highest BCUT2D eigenvalue weighted by atomic mass is 35.5. The number of hydrogen-bond acceptors (Lipinski definition) is 3. The van der Waals surface area contributed by atoms with Crippen LogP contribution in [0.2, 0.25) is 5.02 Å². The lowest BCUT2D eigenvalue weighted by Gasteiger charge is -2.14. The fourth-order valence-corrected chi connectivity index (χ4v) is 2.46. The molecule has 0 bridgehead atoms. The van der Waals surface area contributed by atoms with Gasteiger partial charge < -0.3 is 15.8 Å². The van der Waals surface area contributed by atoms with Crippen molar-refractivity contribution in [3.05, 3.63) is 28.8 Å². The Kier molecular flexibility index (Phi) is 4.80. The zero-order valence-corrected chi connectivity index (χ0v) is 11.7. The topological polar surface area (TPSA) is 47.3 Å². The third-order valence-electron chi connectivity index (χ3n) is 3.05. The van der Waals surface area contributed by atoms with Gasteiger partial charge in [-0.2, -0.15) is 0 Å². The van der Waals surface area contributed by atoms with E-state index in [0.717, 1.165) is 37.2 Å². The van der Waals surface area contributed by atoms with Gasteiger partial charge in [0.25, 0.3) is 0 Å². The minimum atomic E-state index is 0.358. The van der Waals surface area contributed by atoms with Crippen LogP contribution in [0, 0.1) is 0 Å². The fourth-order valence-electron chi connectivity index (χ4n) is 2.11. The second-order valence-electron chi connectivity index (χ2n) is 4.40. The second kappa shape index (κ2) is 6.36. The molecule has 0 aromatic heterocycles. The average Bonchev–Trinajstić information content (AvgIpc) is 2.84. The summed E-state index contributed by atoms with van der Waals surface area (Å²) < 4.78 is 5.58. The fraction of sp³-hybridized carbons (Fsp3) is 0.462. The zero-order chi connectivity index (χ0) is 13.0. The van der Waals surface area contributed by atoms with E-state index in [2.05, 4.69) is 5.32 Å². The van der Waals surface area contributed by atoms with Crippen LogP contribution < -0.4 is 11.1 Å². The van der Waals surface area contributed by atoms with Crippen LogP contribution in [0.15, 0.2) is 18.2 Å². The first-order chi connectivity index (χ1) is 8.66. The Morgan fingerprint density at radius 3 is 3.06 bits per heavy atom. The van der Waals surface area contributed by atoms with Crippen LogP contribution in [0.25, 0.3) is 0 Å². The van der Waals surface area contributed by atoms with Crippen molar-refractivity contribution in [2.24, 2.45) is 5.73 Å². The van der Waals surface area contributed by atoms with E-state index in [9.17, 15) is 0 Å². The normalized spacial score (nSPS) is 18.8. The van der Waals surface area contributed by atoms with Crippen molar-refractivity contribution in [3.8, 4) is 0 Å². The summed E-state index contributed by atoms with van der Waals surface area (Å²) in [5.41, 5.74) is 7.42. The highest BCUT2D eigenvalue weighted by Crippen LogP contribution is 2.21. The summed E-state index contributed by atoms with van der Waals surface area (Å²) in [7, 11) is 0. The molecule has 1 atom stereocenters. The van der Waals surface area contributed by atoms with Crippen LogP contribution in [0.5, 0.6) is 0 Å². The first-order valence-electron chi connectivity index (χ1n) is 6.11. The minimum Gasteiger partial charge on any atom is -0.389 e. The van der Waals surface area contributed by atoms with E-state index in [4.69, 9.17) is 34.3 Å². The molecular weight excluding hydrogens is 268 g/mol. The predicted octanol–water partition coefficient (Wildman–Crippen LogP) is 2.96. The first kappa shape index (κ1) is 13.6. The van der Waals surface area contributed by atoms with Crippen molar-refractivity contribution in [1.82, 2.24) is 0 Å². The van der Waals surface area contributed by atoms with Gasteiger partial charge in [0.1, 0.15) is 4.99 Å². The van der Waals surface area contributed by atoms with Gasteiger partial charge >= 0.3 is 0 Å². The van der Waals surface area contributed by atoms with E-state index in [-0.39, 0.29) is 0 Å². The number of anilines is 1. The summed E-state index contributed by atoms with van der Waals surface area (Å²) in [6.45, 7) is 1.74. The summed E-state index contributed by atoms with van der Waals surface area (Å²) in [5.74, 6) is 0. The largest absolute Gasteiger partial charge is 0.389 e. The molecule has 1 fully saturated rings. The molecule has 1 heterocycles. The molecule has 0 radical (unpaired) electrons. The summed E-state index contributed by atoms with van der Waals surface area (Å²) in [6, 6.07) is 5.53. The monoisotopic (exact) mass is 284 g/mol. The van der Waals surface area contributed by atoms with Gasteiger partial charge in [0.05, 0.1) is 6.10 Å². The molecule has 0 saturated carbocycles. The molecule has 1 saturated heterocycles. The van der Waals surface area contributed by atoms with E-state index in [1.165, 1.54) is 6.42 Å². The maximum absolute atomic E-state index is 5.94. The third-order valence-corrected chi connectivity index (χ3v) is 3.51. The number of benzene rings is 1. The molecule has 1 aromatic rings. The molecule has 18 heavy (non-hydrogen) atoms. The predicted molar refractivity (Wildman–Crippen MR) is 79.4 cm³/mol. The summed E-state index contributed by atoms with van der Waals surface area (Å²) in [5, 5.41) is 3.98. The second-order valence-corrected chi connectivity index (χ2v) is 5.28. The van der Waals surface area contributed by atoms with Gasteiger partial charge in [-0.25, -0.2) is 0 Å². The zero-order valence-electron chi connectivity index (χ0n) is 10.1. The van der Waals surface area contributed by atoms with Crippen molar-refractivity contribution in [2.45, 2.75) is 25.4 Å². The Morgan fingerprint density at radius 1 is 1.56 bits per heavy atom. The van der Waals surface area contributed by atoms with Gasteiger partial charge in [-0.05, 0) is 37.5 Å². The number of ether oxygens (including phenoxy) is 1. The Morgan fingerprint density at radius 2 is 2.39 bits per heavy atom. The van der Waals surface area contributed by atoms with Gasteiger partial charge in [-0.3, -0.25) is 0 Å². The standard InChI is InChI=1S/C13H17ClN2OS/c14-9-3-4-12(11(8-9)13(15)18)16-6-5-10-2-1-7-17-10/h3-4,8,10,16H,1-2,5-7H2,(H2,15,18). The lowest BCUT2D eigenvalue weighted by atomic mass is 10.1. The van der Waals surface area contributed by atoms with Crippen molar-refractivity contribution < 1.29 is 4.74 Å². The Balaban J connectivity index is 1.93. The van der Waals surface area contributed by atoms with Gasteiger partial charge in [0, 0.05) is 29.4 Å². The number of thiocarbonyl (C=S) groups is 1. The Bertz CT molecular complexity index is 433. The Hall–Kier alpha value is -0.840. The molecule has 1 aliphatic heterocycles. The average molecular weight is 285 g/mol. The van der Waals surface area contributed by atoms with Gasteiger partial charge in [0.15, 0.2) is 0 Å². The van der Waals surface area contributed by atoms with E-state index in [1.807, 2.05) is 12.1 Å². The van der Waals surface area contributed by atoms with Crippen LogP contribution in [-0.4, -0.2) is 24.2 Å². The number of halogens is 1. The number of nitrogens with one attached hydrogen (secondary N) is 1. The number of nitrogens with two attached hydrogens (primary N) is 1. The maximum Gasteiger partial charge on any atom is 0.106 e. The lowest BCUT2D eigenvalue weighted by Crippen LogP contribution is -2.16. The van der Waals surface area contributed by atoms with E-state index < -0.39 is 0 Å². The first-order valence-corrected chi connectivity index (χ1v) is 6.90. The number of rotatable bonds is 5. The van der Waals surface area contributed by atoms with Crippen LogP contribution in [0.3, 0.4) is 0 Å². The highest BCUT2D eigenvalue weighted by Gasteiger charge is 2.15. The van der Waals surface area contributed by atoms with Crippen molar-refractivity contribution >= 4 is 34.5 Å². The minimum absolute atomic E-state index is 0.358. The van der Waals surface area contributed by atoms with Gasteiger partial charge in [-0.1, -0.05) is 23.8 Å². The molecule has 0 aliphatic carbocycles. The number of hydrogen-bond donors (Lipinski definition) is 2. The van der Waals surface area contributed by atoms with E-state index in [1.54, 1.807) is 6.07 Å². The van der Waals surface area contributed by atoms with Crippen molar-refractivity contribution in [3.63, 3.8) is 0 Å². The lowest BCUT2D eigenvalue weighted by molar-refractivity contribution is 0.107. The van der Waals surface area contributed by atoms with Gasteiger partial charge in [-0.15, -0.1) is 0 Å². The molecule has 2 rings (SSSR count). The molecule has 0 spiro atoms. The van der Waals surface area contributed by atoms with Crippen LogP contribution in [0.4, 0.5) is 5.69 Å². The molecule has 98 valence electrons. The van der Waals surface area contributed by atoms with Crippen molar-refractivity contribution in [1.29, 1.82) is 0 Å². The molecule has 1 aromatic carbocycles. The van der Waals surface area contributed by atoms with Crippen LogP contribution in [-0.2, 0) is 4.74 Å². The summed E-state index contributed by atoms with van der Waals surface area (Å²) in [6.07, 6.45) is 3.71. The molecule has 1 unspecified atom stereocenters. The highest BCUT2D eigenvalue weighted by molar-refractivity contribution is 7.80.